The highest BCUT2D eigenvalue weighted by Gasteiger charge is 2.32. The van der Waals surface area contributed by atoms with Crippen LogP contribution in [0.4, 0.5) is 10.5 Å². The van der Waals surface area contributed by atoms with Gasteiger partial charge < -0.3 is 20.0 Å². The van der Waals surface area contributed by atoms with Crippen molar-refractivity contribution in [3.63, 3.8) is 0 Å². The fourth-order valence-corrected chi connectivity index (χ4v) is 3.34. The summed E-state index contributed by atoms with van der Waals surface area (Å²) in [6, 6.07) is 11.4. The summed E-state index contributed by atoms with van der Waals surface area (Å²) in [5, 5.41) is 15.8. The molecule has 2 aromatic rings. The number of aliphatic hydroxyl groups excluding tert-OH is 1. The first-order valence-corrected chi connectivity index (χ1v) is 9.66. The topological polar surface area (TPSA) is 113 Å². The number of carbonyl (C=O) groups excluding carboxylic acids is 2. The summed E-state index contributed by atoms with van der Waals surface area (Å²) in [5.41, 5.74) is 4.05. The monoisotopic (exact) mass is 410 g/mol. The first-order valence-electron chi connectivity index (χ1n) is 9.66. The van der Waals surface area contributed by atoms with Gasteiger partial charge in [-0.05, 0) is 23.8 Å². The van der Waals surface area contributed by atoms with Crippen LogP contribution in [0.1, 0.15) is 19.0 Å². The number of aliphatic hydroxyl groups is 1. The fraction of sp³-hybridized carbons (Fsp3) is 0.333. The van der Waals surface area contributed by atoms with E-state index in [-0.39, 0.29) is 24.7 Å². The number of benzene rings is 1. The number of aromatic nitrogens is 1. The molecule has 0 spiro atoms. The number of hydrogen-bond donors (Lipinski definition) is 2. The largest absolute Gasteiger partial charge is 0.442 e. The van der Waals surface area contributed by atoms with Crippen LogP contribution in [0.5, 0.6) is 0 Å². The number of anilines is 1. The van der Waals surface area contributed by atoms with Crippen LogP contribution in [0.25, 0.3) is 11.1 Å². The molecule has 2 amide bonds. The van der Waals surface area contributed by atoms with Gasteiger partial charge in [0.05, 0.1) is 25.4 Å². The number of pyridine rings is 1. The SMILES string of the molecule is CC(=O)NC[C@H]1CN(c2ccc(-c3ccc(C4=NOC(CO)C4)nc3)cc2)C(=O)O1. The first-order chi connectivity index (χ1) is 14.5. The number of oxime groups is 1. The Morgan fingerprint density at radius 2 is 1.97 bits per heavy atom. The number of carbonyl (C=O) groups is 2. The summed E-state index contributed by atoms with van der Waals surface area (Å²) in [5.74, 6) is -0.158. The predicted octanol–water partition coefficient (Wildman–Crippen LogP) is 1.70. The van der Waals surface area contributed by atoms with Crippen molar-refractivity contribution in [3.05, 3.63) is 48.3 Å². The number of rotatable bonds is 6. The molecular formula is C21H22N4O5. The molecule has 1 aromatic carbocycles. The standard InChI is InChI=1S/C21H22N4O5/c1-13(27)22-10-18-11-25(21(28)29-18)16-5-2-14(3-6-16)15-4-7-19(23-9-15)20-8-17(12-26)30-24-20/h2-7,9,17-18,26H,8,10-12H2,1H3,(H,22,27)/t17?,18-/m0/s1. The molecule has 0 bridgehead atoms. The molecule has 4 rings (SSSR count). The number of hydrogen-bond acceptors (Lipinski definition) is 7. The maximum atomic E-state index is 12.1. The smallest absolute Gasteiger partial charge is 0.414 e. The number of nitrogens with one attached hydrogen (secondary N) is 1. The third-order valence-corrected chi connectivity index (χ3v) is 4.96. The lowest BCUT2D eigenvalue weighted by molar-refractivity contribution is -0.119. The van der Waals surface area contributed by atoms with E-state index in [0.717, 1.165) is 28.2 Å². The van der Waals surface area contributed by atoms with Crippen LogP contribution in [-0.4, -0.2) is 59.7 Å². The van der Waals surface area contributed by atoms with E-state index >= 15 is 0 Å². The van der Waals surface area contributed by atoms with Crippen LogP contribution in [0.15, 0.2) is 47.8 Å². The number of nitrogens with zero attached hydrogens (tertiary/aromatic N) is 3. The molecule has 0 radical (unpaired) electrons. The fourth-order valence-electron chi connectivity index (χ4n) is 3.34. The van der Waals surface area contributed by atoms with Crippen LogP contribution in [0, 0.1) is 0 Å². The molecule has 1 aromatic heterocycles. The Balaban J connectivity index is 1.41. The predicted molar refractivity (Wildman–Crippen MR) is 109 cm³/mol. The van der Waals surface area contributed by atoms with Gasteiger partial charge in [-0.2, -0.15) is 0 Å². The molecule has 2 N–H and O–H groups in total. The Kier molecular flexibility index (Phi) is 5.62. The molecule has 2 aliphatic heterocycles. The van der Waals surface area contributed by atoms with E-state index in [1.807, 2.05) is 36.4 Å². The molecule has 9 nitrogen and oxygen atoms in total. The summed E-state index contributed by atoms with van der Waals surface area (Å²) in [4.78, 5) is 34.3. The minimum atomic E-state index is -0.426. The third-order valence-electron chi connectivity index (χ3n) is 4.96. The van der Waals surface area contributed by atoms with Gasteiger partial charge in [0, 0.05) is 30.8 Å². The van der Waals surface area contributed by atoms with Gasteiger partial charge in [0.2, 0.25) is 5.91 Å². The lowest BCUT2D eigenvalue weighted by atomic mass is 10.0. The van der Waals surface area contributed by atoms with E-state index in [9.17, 15) is 9.59 Å². The molecule has 9 heteroatoms. The van der Waals surface area contributed by atoms with E-state index in [2.05, 4.69) is 15.5 Å². The van der Waals surface area contributed by atoms with Crippen molar-refractivity contribution in [2.75, 3.05) is 24.6 Å². The maximum Gasteiger partial charge on any atom is 0.414 e. The second-order valence-corrected chi connectivity index (χ2v) is 7.18. The van der Waals surface area contributed by atoms with Crippen molar-refractivity contribution in [3.8, 4) is 11.1 Å². The van der Waals surface area contributed by atoms with E-state index < -0.39 is 6.09 Å². The lowest BCUT2D eigenvalue weighted by Gasteiger charge is -2.14. The zero-order chi connectivity index (χ0) is 21.1. The van der Waals surface area contributed by atoms with E-state index in [4.69, 9.17) is 14.7 Å². The molecule has 2 atom stereocenters. The summed E-state index contributed by atoms with van der Waals surface area (Å²) in [6.07, 6.45) is 1.19. The molecule has 156 valence electrons. The van der Waals surface area contributed by atoms with E-state index in [1.54, 1.807) is 11.1 Å². The van der Waals surface area contributed by atoms with Gasteiger partial charge in [-0.25, -0.2) is 4.79 Å². The third kappa shape index (κ3) is 4.25. The van der Waals surface area contributed by atoms with E-state index in [0.29, 0.717) is 19.5 Å². The van der Waals surface area contributed by atoms with Crippen LogP contribution >= 0.6 is 0 Å². The summed E-state index contributed by atoms with van der Waals surface area (Å²) in [7, 11) is 0. The Bertz CT molecular complexity index is 958. The molecule has 3 heterocycles. The highest BCUT2D eigenvalue weighted by Crippen LogP contribution is 2.26. The van der Waals surface area contributed by atoms with Crippen molar-refractivity contribution in [1.29, 1.82) is 0 Å². The molecule has 30 heavy (non-hydrogen) atoms. The molecule has 1 unspecified atom stereocenters. The van der Waals surface area contributed by atoms with Gasteiger partial charge in [0.1, 0.15) is 11.8 Å². The van der Waals surface area contributed by atoms with Crippen LogP contribution in [0.3, 0.4) is 0 Å². The minimum absolute atomic E-state index is 0.0734. The number of cyclic esters (lactones) is 1. The molecule has 1 saturated heterocycles. The van der Waals surface area contributed by atoms with Gasteiger partial charge in [-0.15, -0.1) is 0 Å². The van der Waals surface area contributed by atoms with Crippen molar-refractivity contribution < 1.29 is 24.3 Å². The number of ether oxygens (including phenoxy) is 1. The average molecular weight is 410 g/mol. The second-order valence-electron chi connectivity index (χ2n) is 7.18. The van der Waals surface area contributed by atoms with Crippen LogP contribution in [-0.2, 0) is 14.4 Å². The van der Waals surface area contributed by atoms with Crippen molar-refractivity contribution in [2.24, 2.45) is 5.16 Å². The van der Waals surface area contributed by atoms with Crippen LogP contribution < -0.4 is 10.2 Å². The Morgan fingerprint density at radius 1 is 1.20 bits per heavy atom. The van der Waals surface area contributed by atoms with E-state index in [1.165, 1.54) is 6.92 Å². The van der Waals surface area contributed by atoms with Gasteiger partial charge >= 0.3 is 6.09 Å². The molecule has 2 aliphatic rings. The maximum absolute atomic E-state index is 12.1. The highest BCUT2D eigenvalue weighted by molar-refractivity contribution is 5.99. The Morgan fingerprint density at radius 3 is 2.60 bits per heavy atom. The van der Waals surface area contributed by atoms with Gasteiger partial charge in [-0.1, -0.05) is 23.4 Å². The molecule has 1 fully saturated rings. The molecular weight excluding hydrogens is 388 g/mol. The Labute approximate surface area is 173 Å². The minimum Gasteiger partial charge on any atom is -0.442 e. The number of amides is 2. The van der Waals surface area contributed by atoms with Crippen molar-refractivity contribution >= 4 is 23.4 Å². The zero-order valence-electron chi connectivity index (χ0n) is 16.4. The molecule has 0 aliphatic carbocycles. The first kappa shape index (κ1) is 19.8. The highest BCUT2D eigenvalue weighted by atomic mass is 16.6. The lowest BCUT2D eigenvalue weighted by Crippen LogP contribution is -2.33. The second kappa shape index (κ2) is 8.50. The van der Waals surface area contributed by atoms with Gasteiger partial charge in [-0.3, -0.25) is 14.7 Å². The quantitative estimate of drug-likeness (QED) is 0.749. The molecule has 0 saturated carbocycles. The van der Waals surface area contributed by atoms with Crippen LogP contribution in [0.2, 0.25) is 0 Å². The summed E-state index contributed by atoms with van der Waals surface area (Å²) < 4.78 is 5.30. The van der Waals surface area contributed by atoms with Crippen molar-refractivity contribution in [1.82, 2.24) is 10.3 Å². The van der Waals surface area contributed by atoms with Gasteiger partial charge in [0.15, 0.2) is 6.10 Å². The summed E-state index contributed by atoms with van der Waals surface area (Å²) >= 11 is 0. The van der Waals surface area contributed by atoms with Gasteiger partial charge in [0.25, 0.3) is 0 Å². The summed E-state index contributed by atoms with van der Waals surface area (Å²) in [6.45, 7) is 2.03. The van der Waals surface area contributed by atoms with Crippen molar-refractivity contribution in [2.45, 2.75) is 25.6 Å². The normalized spacial score (nSPS) is 20.5. The Hall–Kier alpha value is -3.46. The zero-order valence-corrected chi connectivity index (χ0v) is 16.4. The average Bonchev–Trinajstić information content (AvgIpc) is 3.39.